The van der Waals surface area contributed by atoms with Crippen LogP contribution in [-0.2, 0) is 23.8 Å². The minimum atomic E-state index is -0.619. The number of carbonyl (C=O) groups is 4. The third-order valence-electron chi connectivity index (χ3n) is 16.1. The highest BCUT2D eigenvalue weighted by Crippen LogP contribution is 2.67. The second-order valence-electron chi connectivity index (χ2n) is 25.5. The van der Waals surface area contributed by atoms with Gasteiger partial charge in [-0.05, 0) is 199 Å². The largest absolute Gasteiger partial charge is 0.462 e. The third-order valence-corrected chi connectivity index (χ3v) is 16.1. The number of allylic oxidation sites excluding steroid dienone is 1. The van der Waals surface area contributed by atoms with E-state index in [9.17, 15) is 19.2 Å². The molecule has 0 aromatic rings. The molecule has 8 atom stereocenters. The van der Waals surface area contributed by atoms with Crippen LogP contribution in [0.4, 0.5) is 9.59 Å². The first kappa shape index (κ1) is 55.8. The van der Waals surface area contributed by atoms with Crippen molar-refractivity contribution in [3.8, 4) is 0 Å². The molecule has 4 aliphatic carbocycles. The Bertz CT molecular complexity index is 1640. The van der Waals surface area contributed by atoms with E-state index < -0.39 is 34.5 Å². The van der Waals surface area contributed by atoms with Gasteiger partial charge in [-0.25, -0.2) is 9.59 Å². The number of hydrogen-bond acceptors (Lipinski definition) is 8. The molecule has 0 heterocycles. The number of fused-ring (bicyclic) bond motifs is 5. The summed E-state index contributed by atoms with van der Waals surface area (Å²) in [5.74, 6) is 4.38. The first-order valence-corrected chi connectivity index (χ1v) is 26.4. The monoisotopic (exact) mass is 927 g/mol. The van der Waals surface area contributed by atoms with Crippen LogP contribution in [0.15, 0.2) is 11.6 Å². The number of alkyl carbamates (subject to hydrolysis) is 2. The maximum absolute atomic E-state index is 13.8. The zero-order chi connectivity index (χ0) is 49.3. The van der Waals surface area contributed by atoms with Gasteiger partial charge in [0, 0.05) is 37.0 Å². The molecular weight excluding hydrogens is 829 g/mol. The minimum Gasteiger partial charge on any atom is -0.462 e. The quantitative estimate of drug-likeness (QED) is 0.0423. The number of nitrogens with zero attached hydrogens (tertiary/aromatic N) is 1. The summed E-state index contributed by atoms with van der Waals surface area (Å²) in [4.78, 5) is 54.1. The normalized spacial score (nSPS) is 27.2. The Hall–Kier alpha value is -2.82. The van der Waals surface area contributed by atoms with E-state index in [1.165, 1.54) is 56.9 Å². The Morgan fingerprint density at radius 3 is 1.98 bits per heavy atom. The zero-order valence-corrected chi connectivity index (χ0v) is 44.8. The van der Waals surface area contributed by atoms with Gasteiger partial charge in [-0.1, -0.05) is 65.5 Å². The van der Waals surface area contributed by atoms with Crippen molar-refractivity contribution in [2.24, 2.45) is 46.3 Å². The van der Waals surface area contributed by atoms with Crippen molar-refractivity contribution in [1.29, 1.82) is 0 Å². The van der Waals surface area contributed by atoms with Crippen molar-refractivity contribution in [2.75, 3.05) is 26.2 Å². The van der Waals surface area contributed by atoms with E-state index in [4.69, 9.17) is 14.2 Å². The maximum atomic E-state index is 13.8. The van der Waals surface area contributed by atoms with E-state index in [1.807, 2.05) is 74.1 Å². The maximum Gasteiger partial charge on any atom is 0.408 e. The molecule has 11 heteroatoms. The summed E-state index contributed by atoms with van der Waals surface area (Å²) in [7, 11) is 0. The Labute approximate surface area is 402 Å². The van der Waals surface area contributed by atoms with Gasteiger partial charge in [-0.2, -0.15) is 0 Å². The molecule has 3 fully saturated rings. The third kappa shape index (κ3) is 16.7. The highest BCUT2D eigenvalue weighted by molar-refractivity contribution is 5.81. The predicted octanol–water partition coefficient (Wildman–Crippen LogP) is 12.3. The molecule has 3 amide bonds. The number of ether oxygens (including phenoxy) is 3. The highest BCUT2D eigenvalue weighted by atomic mass is 16.6. The van der Waals surface area contributed by atoms with Crippen LogP contribution in [0.1, 0.15) is 213 Å². The molecule has 380 valence electrons. The number of nitrogens with one attached hydrogen (secondary N) is 3. The van der Waals surface area contributed by atoms with Crippen LogP contribution in [0.2, 0.25) is 0 Å². The average molecular weight is 927 g/mol. The molecule has 0 unspecified atom stereocenters. The van der Waals surface area contributed by atoms with Gasteiger partial charge in [-0.15, -0.1) is 0 Å². The summed E-state index contributed by atoms with van der Waals surface area (Å²) >= 11 is 0. The highest BCUT2D eigenvalue weighted by Gasteiger charge is 2.59. The number of hydrogen-bond donors (Lipinski definition) is 3. The first-order chi connectivity index (χ1) is 30.5. The van der Waals surface area contributed by atoms with Gasteiger partial charge < -0.3 is 35.1 Å². The first-order valence-electron chi connectivity index (χ1n) is 26.4. The van der Waals surface area contributed by atoms with Gasteiger partial charge in [-0.3, -0.25) is 9.59 Å². The molecule has 0 aliphatic heterocycles. The van der Waals surface area contributed by atoms with Crippen molar-refractivity contribution in [3.05, 3.63) is 11.6 Å². The van der Waals surface area contributed by atoms with Gasteiger partial charge in [0.25, 0.3) is 0 Å². The van der Waals surface area contributed by atoms with Crippen LogP contribution in [0, 0.1) is 46.3 Å². The molecule has 4 rings (SSSR count). The molecule has 4 aliphatic rings. The molecule has 0 aromatic heterocycles. The molecule has 0 radical (unpaired) electrons. The van der Waals surface area contributed by atoms with Crippen LogP contribution in [0.3, 0.4) is 0 Å². The molecule has 0 aromatic carbocycles. The molecule has 11 nitrogen and oxygen atoms in total. The number of esters is 1. The molecule has 3 N–H and O–H groups in total. The standard InChI is InChI=1S/C55H98N4O7/c1-38(2)19-18-20-39(3)43-23-24-44-42-22-21-40-37-41(27-29-54(40,14)45(42)28-30-55(43,44)15)64-47(61)26-25-46(60)59(36-32-53(12,13)58-49(63)66-51(7,8)9)35-17-16-33-56-34-31-52(10,11)57-48(62)65-50(4,5)6/h21,38-39,41-45,56H,16-20,22-37H2,1-15H3,(H,57,62)(H,58,63)/t39-,41+,42+,43-,44+,45+,54+,55-/m1/s1. The molecule has 0 bridgehead atoms. The number of carbonyl (C=O) groups excluding carboxylic acids is 4. The van der Waals surface area contributed by atoms with E-state index in [-0.39, 0.29) is 36.2 Å². The second-order valence-corrected chi connectivity index (χ2v) is 25.5. The van der Waals surface area contributed by atoms with Crippen molar-refractivity contribution in [1.82, 2.24) is 20.9 Å². The van der Waals surface area contributed by atoms with E-state index in [2.05, 4.69) is 56.6 Å². The number of amides is 3. The summed E-state index contributed by atoms with van der Waals surface area (Å²) < 4.78 is 17.1. The van der Waals surface area contributed by atoms with E-state index in [0.29, 0.717) is 30.8 Å². The van der Waals surface area contributed by atoms with Crippen molar-refractivity contribution in [2.45, 2.75) is 241 Å². The van der Waals surface area contributed by atoms with Crippen molar-refractivity contribution >= 4 is 24.1 Å². The second kappa shape index (κ2) is 23.2. The summed E-state index contributed by atoms with van der Waals surface area (Å²) in [6, 6.07) is 0. The van der Waals surface area contributed by atoms with E-state index in [0.717, 1.165) is 81.2 Å². The van der Waals surface area contributed by atoms with Crippen molar-refractivity contribution in [3.63, 3.8) is 0 Å². The van der Waals surface area contributed by atoms with Gasteiger partial charge in [0.15, 0.2) is 0 Å². The predicted molar refractivity (Wildman–Crippen MR) is 267 cm³/mol. The smallest absolute Gasteiger partial charge is 0.408 e. The molecular formula is C55H98N4O7. The van der Waals surface area contributed by atoms with Gasteiger partial charge in [0.05, 0.1) is 6.42 Å². The fourth-order valence-electron chi connectivity index (χ4n) is 12.5. The van der Waals surface area contributed by atoms with Gasteiger partial charge in [0.1, 0.15) is 17.3 Å². The fraction of sp³-hybridized carbons (Fsp3) is 0.891. The molecule has 3 saturated carbocycles. The van der Waals surface area contributed by atoms with Crippen LogP contribution in [0.25, 0.3) is 0 Å². The molecule has 0 saturated heterocycles. The van der Waals surface area contributed by atoms with Crippen LogP contribution in [-0.4, -0.2) is 83.5 Å². The van der Waals surface area contributed by atoms with Crippen molar-refractivity contribution < 1.29 is 33.4 Å². The Morgan fingerprint density at radius 2 is 1.36 bits per heavy atom. The minimum absolute atomic E-state index is 0.0540. The lowest BCUT2D eigenvalue weighted by Gasteiger charge is -2.58. The number of rotatable bonds is 22. The molecule has 0 spiro atoms. The topological polar surface area (TPSA) is 135 Å². The zero-order valence-electron chi connectivity index (χ0n) is 44.8. The summed E-state index contributed by atoms with van der Waals surface area (Å²) in [6.45, 7) is 33.8. The Balaban J connectivity index is 1.28. The van der Waals surface area contributed by atoms with E-state index >= 15 is 0 Å². The Kier molecular flexibility index (Phi) is 19.6. The van der Waals surface area contributed by atoms with Crippen LogP contribution in [0.5, 0.6) is 0 Å². The average Bonchev–Trinajstić information content (AvgIpc) is 3.53. The molecule has 66 heavy (non-hydrogen) atoms. The Morgan fingerprint density at radius 1 is 0.727 bits per heavy atom. The van der Waals surface area contributed by atoms with E-state index in [1.54, 1.807) is 0 Å². The van der Waals surface area contributed by atoms with Crippen LogP contribution >= 0.6 is 0 Å². The van der Waals surface area contributed by atoms with Gasteiger partial charge >= 0.3 is 18.2 Å². The SMILES string of the molecule is CC(C)CCC[C@@H](C)[C@H]1CC[C@H]2[C@@H]3CC=C4C[C@@H](OC(=O)CCC(=O)N(CCCCNCCC(C)(C)NC(=O)OC(C)(C)C)CCC(C)(C)NC(=O)OC(C)(C)C)CC[C@]4(C)[C@H]3CC[C@]12C. The summed E-state index contributed by atoms with van der Waals surface area (Å²) in [6.07, 6.45) is 18.0. The van der Waals surface area contributed by atoms with Crippen LogP contribution < -0.4 is 16.0 Å². The van der Waals surface area contributed by atoms with Gasteiger partial charge in [0.2, 0.25) is 5.91 Å². The summed E-state index contributed by atoms with van der Waals surface area (Å²) in [5.41, 5.74) is -0.0709. The fourth-order valence-corrected chi connectivity index (χ4v) is 12.5. The lowest BCUT2D eigenvalue weighted by Crippen LogP contribution is -2.51. The summed E-state index contributed by atoms with van der Waals surface area (Å²) in [5, 5.41) is 9.40. The lowest BCUT2D eigenvalue weighted by atomic mass is 9.47. The number of unbranched alkanes of at least 4 members (excludes halogenated alkanes) is 1. The lowest BCUT2D eigenvalue weighted by molar-refractivity contribution is -0.153.